The van der Waals surface area contributed by atoms with Crippen LogP contribution >= 0.6 is 0 Å². The van der Waals surface area contributed by atoms with Crippen LogP contribution < -0.4 is 5.32 Å². The second kappa shape index (κ2) is 10.4. The second-order valence-electron chi connectivity index (χ2n) is 6.97. The fraction of sp³-hybridized carbons (Fsp3) is 0.450. The predicted molar refractivity (Wildman–Crippen MR) is 100 cm³/mol. The number of alkyl carbamates (subject to hydrolysis) is 1. The lowest BCUT2D eigenvalue weighted by molar-refractivity contribution is -0.151. The first-order chi connectivity index (χ1) is 12.6. The highest BCUT2D eigenvalue weighted by Crippen LogP contribution is 2.09. The van der Waals surface area contributed by atoms with E-state index in [1.807, 2.05) is 30.3 Å². The Hall–Kier alpha value is -2.83. The smallest absolute Gasteiger partial charge is 0.408 e. The Balaban J connectivity index is 2.66. The van der Waals surface area contributed by atoms with Crippen molar-refractivity contribution in [2.24, 2.45) is 0 Å². The molecule has 0 radical (unpaired) electrons. The molecule has 0 aliphatic rings. The Morgan fingerprint density at radius 1 is 1.07 bits per heavy atom. The van der Waals surface area contributed by atoms with E-state index in [1.165, 1.54) is 6.92 Å². The molecule has 1 aromatic rings. The predicted octanol–water partition coefficient (Wildman–Crippen LogP) is 2.78. The Morgan fingerprint density at radius 2 is 1.67 bits per heavy atom. The number of nitrogens with one attached hydrogen (secondary N) is 1. The first-order valence-electron chi connectivity index (χ1n) is 8.61. The molecule has 1 N–H and O–H groups in total. The van der Waals surface area contributed by atoms with Crippen molar-refractivity contribution in [2.45, 2.75) is 45.8 Å². The number of amides is 1. The number of esters is 2. The third kappa shape index (κ3) is 9.44. The summed E-state index contributed by atoms with van der Waals surface area (Å²) in [4.78, 5) is 35.7. The highest BCUT2D eigenvalue weighted by molar-refractivity contribution is 5.87. The molecule has 0 aliphatic carbocycles. The van der Waals surface area contributed by atoms with Gasteiger partial charge in [-0.05, 0) is 33.3 Å². The van der Waals surface area contributed by atoms with Crippen molar-refractivity contribution in [2.75, 3.05) is 13.2 Å². The van der Waals surface area contributed by atoms with Crippen molar-refractivity contribution in [1.29, 1.82) is 0 Å². The number of carbonyl (C=O) groups excluding carboxylic acids is 3. The van der Waals surface area contributed by atoms with Gasteiger partial charge in [-0.15, -0.1) is 0 Å². The molecule has 0 bridgehead atoms. The van der Waals surface area contributed by atoms with Crippen LogP contribution in [0.25, 0.3) is 0 Å². The van der Waals surface area contributed by atoms with Gasteiger partial charge in [0.05, 0.1) is 0 Å². The molecular formula is C20H27NO6. The summed E-state index contributed by atoms with van der Waals surface area (Å²) in [5, 5.41) is 2.53. The van der Waals surface area contributed by atoms with E-state index in [4.69, 9.17) is 14.2 Å². The van der Waals surface area contributed by atoms with E-state index >= 15 is 0 Å². The first-order valence-corrected chi connectivity index (χ1v) is 8.61. The SMILES string of the molecule is C=C(C)C(=O)OCCOC(=O)C(Cc1ccccc1)NC(=O)OC(C)(C)C. The van der Waals surface area contributed by atoms with Gasteiger partial charge < -0.3 is 19.5 Å². The van der Waals surface area contributed by atoms with Crippen LogP contribution in [0.2, 0.25) is 0 Å². The molecule has 27 heavy (non-hydrogen) atoms. The Morgan fingerprint density at radius 3 is 2.22 bits per heavy atom. The number of hydrogen-bond acceptors (Lipinski definition) is 6. The van der Waals surface area contributed by atoms with Crippen molar-refractivity contribution >= 4 is 18.0 Å². The quantitative estimate of drug-likeness (QED) is 0.324. The molecule has 1 atom stereocenters. The van der Waals surface area contributed by atoms with Crippen LogP contribution in [0.5, 0.6) is 0 Å². The summed E-state index contributed by atoms with van der Waals surface area (Å²) in [6.07, 6.45) is -0.473. The van der Waals surface area contributed by atoms with Gasteiger partial charge in [-0.3, -0.25) is 0 Å². The standard InChI is InChI=1S/C20H27NO6/c1-14(2)17(22)25-11-12-26-18(23)16(13-15-9-7-6-8-10-15)21-19(24)27-20(3,4)5/h6-10,16H,1,11-13H2,2-5H3,(H,21,24). The van der Waals surface area contributed by atoms with E-state index in [1.54, 1.807) is 20.8 Å². The molecule has 0 saturated carbocycles. The fourth-order valence-corrected chi connectivity index (χ4v) is 1.99. The minimum atomic E-state index is -0.931. The molecule has 148 valence electrons. The average Bonchev–Trinajstić information content (AvgIpc) is 2.56. The Kier molecular flexibility index (Phi) is 8.51. The number of rotatable bonds is 8. The van der Waals surface area contributed by atoms with Crippen molar-refractivity contribution in [3.63, 3.8) is 0 Å². The van der Waals surface area contributed by atoms with E-state index < -0.39 is 29.7 Å². The minimum Gasteiger partial charge on any atom is -0.461 e. The summed E-state index contributed by atoms with van der Waals surface area (Å²) >= 11 is 0. The molecule has 0 fully saturated rings. The van der Waals surface area contributed by atoms with Crippen LogP contribution in [-0.2, 0) is 30.2 Å². The van der Waals surface area contributed by atoms with E-state index in [0.29, 0.717) is 0 Å². The zero-order valence-electron chi connectivity index (χ0n) is 16.2. The number of ether oxygens (including phenoxy) is 3. The van der Waals surface area contributed by atoms with Gasteiger partial charge in [0, 0.05) is 12.0 Å². The lowest BCUT2D eigenvalue weighted by Gasteiger charge is -2.23. The van der Waals surface area contributed by atoms with Crippen LogP contribution in [0, 0.1) is 0 Å². The van der Waals surface area contributed by atoms with Crippen molar-refractivity contribution in [3.05, 3.63) is 48.0 Å². The Labute approximate surface area is 159 Å². The summed E-state index contributed by atoms with van der Waals surface area (Å²) in [5.41, 5.74) is 0.418. The number of hydrogen-bond donors (Lipinski definition) is 1. The van der Waals surface area contributed by atoms with Gasteiger partial charge >= 0.3 is 18.0 Å². The van der Waals surface area contributed by atoms with Crippen LogP contribution in [0.1, 0.15) is 33.3 Å². The van der Waals surface area contributed by atoms with Crippen LogP contribution in [0.4, 0.5) is 4.79 Å². The third-order valence-corrected chi connectivity index (χ3v) is 3.17. The van der Waals surface area contributed by atoms with Crippen molar-refractivity contribution < 1.29 is 28.6 Å². The first kappa shape index (κ1) is 22.2. The van der Waals surface area contributed by atoms with Crippen molar-refractivity contribution in [1.82, 2.24) is 5.32 Å². The normalized spacial score (nSPS) is 11.9. The molecule has 1 unspecified atom stereocenters. The molecule has 1 amide bonds. The number of benzene rings is 1. The molecule has 7 nitrogen and oxygen atoms in total. The highest BCUT2D eigenvalue weighted by Gasteiger charge is 2.26. The van der Waals surface area contributed by atoms with Gasteiger partial charge in [-0.2, -0.15) is 0 Å². The highest BCUT2D eigenvalue weighted by atomic mass is 16.6. The topological polar surface area (TPSA) is 90.9 Å². The monoisotopic (exact) mass is 377 g/mol. The lowest BCUT2D eigenvalue weighted by Crippen LogP contribution is -2.45. The van der Waals surface area contributed by atoms with Gasteiger partial charge in [0.1, 0.15) is 24.9 Å². The average molecular weight is 377 g/mol. The maximum Gasteiger partial charge on any atom is 0.408 e. The molecule has 0 saturated heterocycles. The van der Waals surface area contributed by atoms with E-state index in [-0.39, 0.29) is 25.2 Å². The van der Waals surface area contributed by atoms with Gasteiger partial charge in [0.25, 0.3) is 0 Å². The third-order valence-electron chi connectivity index (χ3n) is 3.17. The fourth-order valence-electron chi connectivity index (χ4n) is 1.99. The van der Waals surface area contributed by atoms with Crippen molar-refractivity contribution in [3.8, 4) is 0 Å². The van der Waals surface area contributed by atoms with E-state index in [0.717, 1.165) is 5.56 Å². The Bertz CT molecular complexity index is 663. The molecule has 1 aromatic carbocycles. The van der Waals surface area contributed by atoms with Crippen LogP contribution in [0.3, 0.4) is 0 Å². The number of carbonyl (C=O) groups is 3. The molecule has 7 heteroatoms. The van der Waals surface area contributed by atoms with Crippen LogP contribution in [0.15, 0.2) is 42.5 Å². The summed E-state index contributed by atoms with van der Waals surface area (Å²) in [5.74, 6) is -1.20. The maximum absolute atomic E-state index is 12.4. The molecule has 0 heterocycles. The van der Waals surface area contributed by atoms with Gasteiger partial charge in [-0.25, -0.2) is 14.4 Å². The summed E-state index contributed by atoms with van der Waals surface area (Å²) < 4.78 is 15.2. The molecule has 0 spiro atoms. The maximum atomic E-state index is 12.4. The van der Waals surface area contributed by atoms with E-state index in [2.05, 4.69) is 11.9 Å². The molecule has 1 rings (SSSR count). The van der Waals surface area contributed by atoms with Gasteiger partial charge in [0.2, 0.25) is 0 Å². The lowest BCUT2D eigenvalue weighted by atomic mass is 10.1. The molecular weight excluding hydrogens is 350 g/mol. The largest absolute Gasteiger partial charge is 0.461 e. The molecule has 0 aromatic heterocycles. The summed E-state index contributed by atoms with van der Waals surface area (Å²) in [7, 11) is 0. The summed E-state index contributed by atoms with van der Waals surface area (Å²) in [6.45, 7) is 9.95. The zero-order chi connectivity index (χ0) is 20.4. The van der Waals surface area contributed by atoms with E-state index in [9.17, 15) is 14.4 Å². The van der Waals surface area contributed by atoms with Crippen LogP contribution in [-0.4, -0.2) is 42.9 Å². The molecule has 0 aliphatic heterocycles. The zero-order valence-corrected chi connectivity index (χ0v) is 16.2. The second-order valence-corrected chi connectivity index (χ2v) is 6.97. The minimum absolute atomic E-state index is 0.0953. The summed E-state index contributed by atoms with van der Waals surface area (Å²) in [6, 6.07) is 8.27. The van der Waals surface area contributed by atoms with Gasteiger partial charge in [-0.1, -0.05) is 36.9 Å². The van der Waals surface area contributed by atoms with Gasteiger partial charge in [0.15, 0.2) is 0 Å².